The van der Waals surface area contributed by atoms with E-state index in [1.54, 1.807) is 18.2 Å². The first kappa shape index (κ1) is 10.8. The van der Waals surface area contributed by atoms with E-state index in [1.807, 2.05) is 0 Å². The maximum absolute atomic E-state index is 11.5. The van der Waals surface area contributed by atoms with Crippen LogP contribution in [0.3, 0.4) is 0 Å². The zero-order chi connectivity index (χ0) is 10.6. The van der Waals surface area contributed by atoms with E-state index in [1.165, 1.54) is 0 Å². The highest BCUT2D eigenvalue weighted by Crippen LogP contribution is 2.24. The Bertz CT molecular complexity index is 299. The molecule has 0 aromatic heterocycles. The van der Waals surface area contributed by atoms with Gasteiger partial charge in [0.25, 0.3) is 0 Å². The largest absolute Gasteiger partial charge is 0.401 e. The van der Waals surface area contributed by atoms with Gasteiger partial charge in [0.1, 0.15) is 0 Å². The van der Waals surface area contributed by atoms with E-state index >= 15 is 0 Å². The monoisotopic (exact) mass is 191 g/mol. The number of allylic oxidation sites excluding steroid dienone is 5. The molecule has 1 rings (SSSR count). The number of nitrogens with two attached hydrogens (primary N) is 1. The van der Waals surface area contributed by atoms with E-state index in [0.717, 1.165) is 24.8 Å². The third kappa shape index (κ3) is 2.13. The summed E-state index contributed by atoms with van der Waals surface area (Å²) in [5.74, 6) is 0.00880. The second-order valence-corrected chi connectivity index (χ2v) is 3.55. The van der Waals surface area contributed by atoms with Crippen LogP contribution >= 0.6 is 0 Å². The highest BCUT2D eigenvalue weighted by atomic mass is 16.1. The van der Waals surface area contributed by atoms with Gasteiger partial charge < -0.3 is 5.73 Å². The SMILES string of the molecule is C=CC1=C(N)C(CCCC)C(=O)C=C1. The number of ketones is 1. The molecular weight excluding hydrogens is 174 g/mol. The Kier molecular flexibility index (Phi) is 3.69. The molecule has 0 bridgehead atoms. The molecule has 1 atom stereocenters. The minimum atomic E-state index is -0.118. The third-order valence-corrected chi connectivity index (χ3v) is 2.55. The van der Waals surface area contributed by atoms with Gasteiger partial charge in [-0.3, -0.25) is 4.79 Å². The fraction of sp³-hybridized carbons (Fsp3) is 0.417. The fourth-order valence-electron chi connectivity index (χ4n) is 1.63. The van der Waals surface area contributed by atoms with Crippen molar-refractivity contribution in [3.63, 3.8) is 0 Å². The summed E-state index contributed by atoms with van der Waals surface area (Å²) in [4.78, 5) is 11.5. The number of hydrogen-bond donors (Lipinski definition) is 1. The maximum atomic E-state index is 11.5. The molecule has 0 radical (unpaired) electrons. The molecule has 0 aromatic carbocycles. The lowest BCUT2D eigenvalue weighted by molar-refractivity contribution is -0.117. The first-order valence-electron chi connectivity index (χ1n) is 5.04. The highest BCUT2D eigenvalue weighted by Gasteiger charge is 2.22. The van der Waals surface area contributed by atoms with Crippen LogP contribution in [0.2, 0.25) is 0 Å². The van der Waals surface area contributed by atoms with Gasteiger partial charge in [-0.15, -0.1) is 0 Å². The average molecular weight is 191 g/mol. The topological polar surface area (TPSA) is 43.1 Å². The highest BCUT2D eigenvalue weighted by molar-refractivity contribution is 5.96. The van der Waals surface area contributed by atoms with Gasteiger partial charge in [0.05, 0.1) is 5.92 Å². The van der Waals surface area contributed by atoms with Crippen molar-refractivity contribution in [2.75, 3.05) is 0 Å². The van der Waals surface area contributed by atoms with Crippen LogP contribution in [0.1, 0.15) is 26.2 Å². The molecule has 0 saturated carbocycles. The van der Waals surface area contributed by atoms with Gasteiger partial charge in [-0.05, 0) is 24.1 Å². The van der Waals surface area contributed by atoms with E-state index in [-0.39, 0.29) is 11.7 Å². The molecule has 0 aliphatic heterocycles. The van der Waals surface area contributed by atoms with Crippen LogP contribution in [-0.2, 0) is 4.79 Å². The Morgan fingerprint density at radius 1 is 1.57 bits per heavy atom. The van der Waals surface area contributed by atoms with Gasteiger partial charge in [-0.25, -0.2) is 0 Å². The second-order valence-electron chi connectivity index (χ2n) is 3.55. The van der Waals surface area contributed by atoms with Crippen molar-refractivity contribution in [2.45, 2.75) is 26.2 Å². The van der Waals surface area contributed by atoms with Crippen molar-refractivity contribution in [1.82, 2.24) is 0 Å². The van der Waals surface area contributed by atoms with E-state index in [9.17, 15) is 4.79 Å². The standard InChI is InChI=1S/C12H17NO/c1-3-5-6-10-11(14)8-7-9(4-2)12(10)13/h4,7-8,10H,2-3,5-6,13H2,1H3. The number of carbonyl (C=O) groups excluding carboxylic acids is 1. The van der Waals surface area contributed by atoms with Crippen molar-refractivity contribution in [3.05, 3.63) is 36.1 Å². The van der Waals surface area contributed by atoms with Crippen LogP contribution in [0, 0.1) is 5.92 Å². The summed E-state index contributed by atoms with van der Waals surface area (Å²) < 4.78 is 0. The van der Waals surface area contributed by atoms with Crippen LogP contribution in [0.4, 0.5) is 0 Å². The van der Waals surface area contributed by atoms with Gasteiger partial charge in [0.2, 0.25) is 0 Å². The summed E-state index contributed by atoms with van der Waals surface area (Å²) in [5, 5.41) is 0. The Balaban J connectivity index is 2.82. The summed E-state index contributed by atoms with van der Waals surface area (Å²) in [6.45, 7) is 5.78. The number of rotatable bonds is 4. The number of unbranched alkanes of at least 4 members (excludes halogenated alkanes) is 1. The average Bonchev–Trinajstić information content (AvgIpc) is 2.18. The summed E-state index contributed by atoms with van der Waals surface area (Å²) >= 11 is 0. The van der Waals surface area contributed by atoms with Crippen molar-refractivity contribution in [3.8, 4) is 0 Å². The predicted molar refractivity (Wildman–Crippen MR) is 58.6 cm³/mol. The molecule has 0 heterocycles. The summed E-state index contributed by atoms with van der Waals surface area (Å²) in [7, 11) is 0. The molecule has 1 aliphatic rings. The van der Waals surface area contributed by atoms with E-state index in [4.69, 9.17) is 5.73 Å². The first-order chi connectivity index (χ1) is 6.70. The first-order valence-corrected chi connectivity index (χ1v) is 5.04. The molecule has 1 unspecified atom stereocenters. The molecule has 1 aliphatic carbocycles. The lowest BCUT2D eigenvalue weighted by Crippen LogP contribution is -2.24. The smallest absolute Gasteiger partial charge is 0.164 e. The fourth-order valence-corrected chi connectivity index (χ4v) is 1.63. The Morgan fingerprint density at radius 3 is 2.86 bits per heavy atom. The molecule has 76 valence electrons. The zero-order valence-electron chi connectivity index (χ0n) is 8.62. The molecule has 0 fully saturated rings. The number of hydrogen-bond acceptors (Lipinski definition) is 2. The quantitative estimate of drug-likeness (QED) is 0.741. The Morgan fingerprint density at radius 2 is 2.29 bits per heavy atom. The summed E-state index contributed by atoms with van der Waals surface area (Å²) in [6.07, 6.45) is 8.03. The van der Waals surface area contributed by atoms with Gasteiger partial charge in [0.15, 0.2) is 5.78 Å². The lowest BCUT2D eigenvalue weighted by Gasteiger charge is -2.19. The summed E-state index contributed by atoms with van der Waals surface area (Å²) in [5.41, 5.74) is 7.48. The van der Waals surface area contributed by atoms with Crippen LogP contribution in [0.25, 0.3) is 0 Å². The maximum Gasteiger partial charge on any atom is 0.164 e. The van der Waals surface area contributed by atoms with E-state index < -0.39 is 0 Å². The van der Waals surface area contributed by atoms with E-state index in [2.05, 4.69) is 13.5 Å². The predicted octanol–water partition coefficient (Wildman–Crippen LogP) is 2.33. The minimum absolute atomic E-state index is 0.118. The van der Waals surface area contributed by atoms with Crippen LogP contribution in [0.5, 0.6) is 0 Å². The van der Waals surface area contributed by atoms with Crippen LogP contribution in [0.15, 0.2) is 36.1 Å². The normalized spacial score (nSPS) is 21.5. The third-order valence-electron chi connectivity index (χ3n) is 2.55. The van der Waals surface area contributed by atoms with Crippen molar-refractivity contribution < 1.29 is 4.79 Å². The minimum Gasteiger partial charge on any atom is -0.401 e. The van der Waals surface area contributed by atoms with Crippen molar-refractivity contribution >= 4 is 5.78 Å². The lowest BCUT2D eigenvalue weighted by atomic mass is 9.87. The summed E-state index contributed by atoms with van der Waals surface area (Å²) in [6, 6.07) is 0. The van der Waals surface area contributed by atoms with E-state index in [0.29, 0.717) is 5.70 Å². The van der Waals surface area contributed by atoms with Crippen molar-refractivity contribution in [2.24, 2.45) is 11.7 Å². The molecular formula is C12H17NO. The molecule has 14 heavy (non-hydrogen) atoms. The zero-order valence-corrected chi connectivity index (χ0v) is 8.62. The Labute approximate surface area is 85.2 Å². The van der Waals surface area contributed by atoms with Crippen molar-refractivity contribution in [1.29, 1.82) is 0 Å². The molecule has 2 heteroatoms. The number of carbonyl (C=O) groups is 1. The van der Waals surface area contributed by atoms with Gasteiger partial charge in [-0.2, -0.15) is 0 Å². The Hall–Kier alpha value is -1.31. The van der Waals surface area contributed by atoms with Crippen LogP contribution in [-0.4, -0.2) is 5.78 Å². The molecule has 2 N–H and O–H groups in total. The van der Waals surface area contributed by atoms with Gasteiger partial charge in [0, 0.05) is 5.70 Å². The second kappa shape index (κ2) is 4.80. The molecule has 0 spiro atoms. The van der Waals surface area contributed by atoms with Crippen LogP contribution < -0.4 is 5.73 Å². The molecule has 2 nitrogen and oxygen atoms in total. The molecule has 0 aromatic rings. The molecule has 0 amide bonds. The molecule has 0 saturated heterocycles. The van der Waals surface area contributed by atoms with Gasteiger partial charge >= 0.3 is 0 Å². The van der Waals surface area contributed by atoms with Gasteiger partial charge in [-0.1, -0.05) is 32.4 Å².